The first-order valence-electron chi connectivity index (χ1n) is 5.78. The van der Waals surface area contributed by atoms with Crippen molar-refractivity contribution in [3.63, 3.8) is 0 Å². The van der Waals surface area contributed by atoms with Gasteiger partial charge in [-0.15, -0.1) is 0 Å². The molecule has 2 heterocycles. The quantitative estimate of drug-likeness (QED) is 0.848. The molecule has 0 aromatic carbocycles. The van der Waals surface area contributed by atoms with Crippen LogP contribution in [0.2, 0.25) is 0 Å². The summed E-state index contributed by atoms with van der Waals surface area (Å²) in [5, 5.41) is 14.9. The van der Waals surface area contributed by atoms with Crippen LogP contribution in [0.5, 0.6) is 0 Å². The SMILES string of the molecule is Cc1cscc1C(=O)Nc1cccc(C=CC(=O)O)n1. The molecule has 0 saturated carbocycles. The highest BCUT2D eigenvalue weighted by atomic mass is 32.1. The van der Waals surface area contributed by atoms with E-state index in [-0.39, 0.29) is 5.91 Å². The third-order valence-corrected chi connectivity index (χ3v) is 3.37. The largest absolute Gasteiger partial charge is 0.478 e. The summed E-state index contributed by atoms with van der Waals surface area (Å²) in [5.74, 6) is -0.890. The Kier molecular flexibility index (Phi) is 4.27. The lowest BCUT2D eigenvalue weighted by Gasteiger charge is -2.04. The summed E-state index contributed by atoms with van der Waals surface area (Å²) in [6.45, 7) is 1.87. The molecule has 2 aromatic rings. The number of thiophene rings is 1. The van der Waals surface area contributed by atoms with E-state index in [9.17, 15) is 9.59 Å². The minimum absolute atomic E-state index is 0.226. The maximum absolute atomic E-state index is 12.0. The van der Waals surface area contributed by atoms with Crippen molar-refractivity contribution in [1.82, 2.24) is 4.98 Å². The van der Waals surface area contributed by atoms with Crippen LogP contribution in [0.15, 0.2) is 35.0 Å². The van der Waals surface area contributed by atoms with Crippen LogP contribution in [0.25, 0.3) is 6.08 Å². The van der Waals surface area contributed by atoms with E-state index in [0.29, 0.717) is 17.1 Å². The Morgan fingerprint density at radius 1 is 1.35 bits per heavy atom. The van der Waals surface area contributed by atoms with Crippen molar-refractivity contribution < 1.29 is 14.7 Å². The predicted molar refractivity (Wildman–Crippen MR) is 77.9 cm³/mol. The molecule has 2 aromatic heterocycles. The zero-order valence-corrected chi connectivity index (χ0v) is 11.5. The Hall–Kier alpha value is -2.47. The Balaban J connectivity index is 2.14. The molecule has 0 unspecified atom stereocenters. The molecule has 0 aliphatic heterocycles. The number of amides is 1. The second-order valence-corrected chi connectivity index (χ2v) is 4.79. The number of hydrogen-bond acceptors (Lipinski definition) is 4. The number of nitrogens with zero attached hydrogens (tertiary/aromatic N) is 1. The molecule has 0 spiro atoms. The Bertz CT molecular complexity index is 677. The molecule has 2 N–H and O–H groups in total. The van der Waals surface area contributed by atoms with E-state index in [4.69, 9.17) is 5.11 Å². The number of pyridine rings is 1. The summed E-state index contributed by atoms with van der Waals surface area (Å²) in [4.78, 5) is 26.6. The number of carbonyl (C=O) groups excluding carboxylic acids is 1. The molecule has 2 rings (SSSR count). The van der Waals surface area contributed by atoms with Crippen molar-refractivity contribution in [2.75, 3.05) is 5.32 Å². The van der Waals surface area contributed by atoms with Gasteiger partial charge < -0.3 is 10.4 Å². The first-order valence-corrected chi connectivity index (χ1v) is 6.73. The molecule has 0 atom stereocenters. The van der Waals surface area contributed by atoms with Gasteiger partial charge in [0.05, 0.1) is 11.3 Å². The van der Waals surface area contributed by atoms with Crippen molar-refractivity contribution in [3.05, 3.63) is 51.9 Å². The van der Waals surface area contributed by atoms with E-state index in [2.05, 4.69) is 10.3 Å². The van der Waals surface area contributed by atoms with Gasteiger partial charge in [-0.05, 0) is 36.1 Å². The average molecular weight is 288 g/mol. The number of hydrogen-bond donors (Lipinski definition) is 2. The third-order valence-electron chi connectivity index (χ3n) is 2.51. The maximum Gasteiger partial charge on any atom is 0.328 e. The summed E-state index contributed by atoms with van der Waals surface area (Å²) in [6.07, 6.45) is 2.37. The highest BCUT2D eigenvalue weighted by Gasteiger charge is 2.10. The standard InChI is InChI=1S/C14H12N2O3S/c1-9-7-20-8-11(9)14(19)16-12-4-2-3-10(15-12)5-6-13(17)18/h2-8H,1H3,(H,17,18)(H,15,16,19). The van der Waals surface area contributed by atoms with Gasteiger partial charge in [-0.3, -0.25) is 4.79 Å². The molecule has 1 amide bonds. The number of carbonyl (C=O) groups is 2. The topological polar surface area (TPSA) is 79.3 Å². The number of aryl methyl sites for hydroxylation is 1. The molecule has 0 aliphatic carbocycles. The maximum atomic E-state index is 12.0. The fraction of sp³-hybridized carbons (Fsp3) is 0.0714. The van der Waals surface area contributed by atoms with E-state index >= 15 is 0 Å². The second kappa shape index (κ2) is 6.12. The number of carboxylic acid groups (broad SMARTS) is 1. The minimum Gasteiger partial charge on any atom is -0.478 e. The number of carboxylic acids is 1. The van der Waals surface area contributed by atoms with E-state index < -0.39 is 5.97 Å². The number of rotatable bonds is 4. The second-order valence-electron chi connectivity index (χ2n) is 4.04. The van der Waals surface area contributed by atoms with Gasteiger partial charge in [0, 0.05) is 11.5 Å². The van der Waals surface area contributed by atoms with Gasteiger partial charge in [0.2, 0.25) is 0 Å². The third kappa shape index (κ3) is 3.52. The fourth-order valence-electron chi connectivity index (χ4n) is 1.55. The predicted octanol–water partition coefficient (Wildman–Crippen LogP) is 2.80. The average Bonchev–Trinajstić information content (AvgIpc) is 2.83. The zero-order valence-electron chi connectivity index (χ0n) is 10.7. The van der Waals surface area contributed by atoms with E-state index in [1.165, 1.54) is 17.4 Å². The Morgan fingerprint density at radius 3 is 2.80 bits per heavy atom. The molecule has 6 heteroatoms. The van der Waals surface area contributed by atoms with Crippen molar-refractivity contribution in [2.45, 2.75) is 6.92 Å². The van der Waals surface area contributed by atoms with E-state index in [1.54, 1.807) is 23.6 Å². The van der Waals surface area contributed by atoms with Crippen molar-refractivity contribution >= 4 is 35.1 Å². The van der Waals surface area contributed by atoms with Crippen LogP contribution in [0.3, 0.4) is 0 Å². The molecule has 102 valence electrons. The molecular formula is C14H12N2O3S. The molecule has 5 nitrogen and oxygen atoms in total. The molecular weight excluding hydrogens is 276 g/mol. The van der Waals surface area contributed by atoms with Crippen LogP contribution in [0.1, 0.15) is 21.6 Å². The van der Waals surface area contributed by atoms with Crippen LogP contribution < -0.4 is 5.32 Å². The molecule has 0 bridgehead atoms. The van der Waals surface area contributed by atoms with Crippen LogP contribution in [-0.2, 0) is 4.79 Å². The van der Waals surface area contributed by atoms with Crippen molar-refractivity contribution in [2.24, 2.45) is 0 Å². The van der Waals surface area contributed by atoms with Crippen LogP contribution in [0.4, 0.5) is 5.82 Å². The van der Waals surface area contributed by atoms with Gasteiger partial charge in [-0.25, -0.2) is 9.78 Å². The summed E-state index contributed by atoms with van der Waals surface area (Å²) in [5.41, 5.74) is 1.99. The first kappa shape index (κ1) is 14.0. The van der Waals surface area contributed by atoms with Gasteiger partial charge in [0.25, 0.3) is 5.91 Å². The first-order chi connectivity index (χ1) is 9.56. The van der Waals surface area contributed by atoms with Gasteiger partial charge in [0.1, 0.15) is 5.82 Å². The van der Waals surface area contributed by atoms with Crippen molar-refractivity contribution in [1.29, 1.82) is 0 Å². The summed E-state index contributed by atoms with van der Waals surface area (Å²) in [6, 6.07) is 5.01. The smallest absolute Gasteiger partial charge is 0.328 e. The lowest BCUT2D eigenvalue weighted by Crippen LogP contribution is -2.13. The number of aliphatic carboxylic acids is 1. The fourth-order valence-corrected chi connectivity index (χ4v) is 2.38. The number of nitrogens with one attached hydrogen (secondary N) is 1. The lowest BCUT2D eigenvalue weighted by atomic mass is 10.2. The Labute approximate surface area is 119 Å². The number of anilines is 1. The lowest BCUT2D eigenvalue weighted by molar-refractivity contribution is -0.131. The van der Waals surface area contributed by atoms with Crippen LogP contribution in [0, 0.1) is 6.92 Å². The van der Waals surface area contributed by atoms with Gasteiger partial charge >= 0.3 is 5.97 Å². The molecule has 0 aliphatic rings. The normalized spacial score (nSPS) is 10.7. The van der Waals surface area contributed by atoms with Crippen LogP contribution >= 0.6 is 11.3 Å². The molecule has 20 heavy (non-hydrogen) atoms. The molecule has 0 saturated heterocycles. The van der Waals surface area contributed by atoms with Gasteiger partial charge in [-0.1, -0.05) is 6.07 Å². The minimum atomic E-state index is -1.05. The van der Waals surface area contributed by atoms with E-state index in [1.807, 2.05) is 12.3 Å². The highest BCUT2D eigenvalue weighted by Crippen LogP contribution is 2.15. The monoisotopic (exact) mass is 288 g/mol. The number of aromatic nitrogens is 1. The van der Waals surface area contributed by atoms with E-state index in [0.717, 1.165) is 11.6 Å². The molecule has 0 radical (unpaired) electrons. The summed E-state index contributed by atoms with van der Waals surface area (Å²) < 4.78 is 0. The van der Waals surface area contributed by atoms with Crippen LogP contribution in [-0.4, -0.2) is 22.0 Å². The highest BCUT2D eigenvalue weighted by molar-refractivity contribution is 7.08. The van der Waals surface area contributed by atoms with Gasteiger partial charge in [0.15, 0.2) is 0 Å². The van der Waals surface area contributed by atoms with Gasteiger partial charge in [-0.2, -0.15) is 11.3 Å². The summed E-state index contributed by atoms with van der Waals surface area (Å²) in [7, 11) is 0. The van der Waals surface area contributed by atoms with Crippen molar-refractivity contribution in [3.8, 4) is 0 Å². The Morgan fingerprint density at radius 2 is 2.15 bits per heavy atom. The zero-order chi connectivity index (χ0) is 14.5. The molecule has 0 fully saturated rings. The summed E-state index contributed by atoms with van der Waals surface area (Å²) >= 11 is 1.46.